The monoisotopic (exact) mass is 672 g/mol. The Morgan fingerprint density at radius 1 is 0.854 bits per heavy atom. The maximum atomic E-state index is 12.7. The number of rotatable bonds is 10. The molecule has 6 bridgehead atoms. The molecule has 48 heavy (non-hydrogen) atoms. The molecule has 1 saturated heterocycles. The summed E-state index contributed by atoms with van der Waals surface area (Å²) in [7, 11) is 1.27. The lowest BCUT2D eigenvalue weighted by molar-refractivity contribution is -0.183. The van der Waals surface area contributed by atoms with Gasteiger partial charge in [0.25, 0.3) is 0 Å². The molecule has 0 N–H and O–H groups in total. The molecule has 0 aromatic heterocycles. The van der Waals surface area contributed by atoms with Crippen LogP contribution in [-0.2, 0) is 47.7 Å². The predicted octanol–water partition coefficient (Wildman–Crippen LogP) is 5.67. The molecular formula is C38H56O10. The first kappa shape index (κ1) is 35.2. The van der Waals surface area contributed by atoms with Crippen molar-refractivity contribution in [1.29, 1.82) is 0 Å². The van der Waals surface area contributed by atoms with E-state index < -0.39 is 59.9 Å². The highest BCUT2D eigenvalue weighted by Gasteiger charge is 2.70. The van der Waals surface area contributed by atoms with Gasteiger partial charge in [0.1, 0.15) is 17.8 Å². The van der Waals surface area contributed by atoms with Gasteiger partial charge < -0.3 is 23.7 Å². The largest absolute Gasteiger partial charge is 0.469 e. The van der Waals surface area contributed by atoms with E-state index in [2.05, 4.69) is 13.8 Å². The van der Waals surface area contributed by atoms with Gasteiger partial charge in [0.15, 0.2) is 6.61 Å². The van der Waals surface area contributed by atoms with E-state index in [1.54, 1.807) is 13.8 Å². The lowest BCUT2D eigenvalue weighted by Gasteiger charge is -2.46. The minimum atomic E-state index is -0.717. The molecule has 6 aliphatic carbocycles. The van der Waals surface area contributed by atoms with Crippen LogP contribution < -0.4 is 0 Å². The standard InChI is InChI=1S/C20H32O2.C18H24O8/c1-5-19(3,4)18(21)22-20(6-2)11-14-10-15(20)17-13-8-7-12(9-13)16(14)17;1-5-18(2,3)17(22)24-7-10(19)25-13-8-6-9-12(11(8)15(20)23-4)16(21)26-14(9)13/h12-17H,5-11H2,1-4H3;8-9,11-14H,5-7H2,1-4H3. The topological polar surface area (TPSA) is 132 Å². The predicted molar refractivity (Wildman–Crippen MR) is 173 cm³/mol. The molecule has 13 atom stereocenters. The van der Waals surface area contributed by atoms with Gasteiger partial charge in [-0.25, -0.2) is 4.79 Å². The van der Waals surface area contributed by atoms with E-state index in [4.69, 9.17) is 23.7 Å². The first-order chi connectivity index (χ1) is 22.6. The second-order valence-electron chi connectivity index (χ2n) is 17.1. The van der Waals surface area contributed by atoms with Gasteiger partial charge in [-0.3, -0.25) is 19.2 Å². The highest BCUT2D eigenvalue weighted by Crippen LogP contribution is 2.71. The summed E-state index contributed by atoms with van der Waals surface area (Å²) >= 11 is 0. The van der Waals surface area contributed by atoms with Crippen molar-refractivity contribution in [3.05, 3.63) is 0 Å². The zero-order valence-corrected chi connectivity index (χ0v) is 30.1. The zero-order valence-electron chi connectivity index (χ0n) is 30.1. The summed E-state index contributed by atoms with van der Waals surface area (Å²) in [6.07, 6.45) is 8.69. The highest BCUT2D eigenvalue weighted by molar-refractivity contribution is 5.86. The number of hydrogen-bond donors (Lipinski definition) is 0. The molecule has 6 saturated carbocycles. The van der Waals surface area contributed by atoms with Crippen LogP contribution in [0.15, 0.2) is 0 Å². The van der Waals surface area contributed by atoms with E-state index in [-0.39, 0.29) is 28.8 Å². The Balaban J connectivity index is 0.000000169. The second-order valence-corrected chi connectivity index (χ2v) is 17.1. The molecular weight excluding hydrogens is 616 g/mol. The minimum absolute atomic E-state index is 0.0455. The summed E-state index contributed by atoms with van der Waals surface area (Å²) < 4.78 is 26.9. The lowest BCUT2D eigenvalue weighted by atomic mass is 9.65. The van der Waals surface area contributed by atoms with E-state index in [9.17, 15) is 24.0 Å². The van der Waals surface area contributed by atoms with Crippen LogP contribution in [0.1, 0.15) is 106 Å². The van der Waals surface area contributed by atoms with E-state index in [0.717, 1.165) is 48.9 Å². The summed E-state index contributed by atoms with van der Waals surface area (Å²) in [6.45, 7) is 13.2. The number of methoxy groups -OCH3 is 1. The van der Waals surface area contributed by atoms with E-state index in [1.165, 1.54) is 32.8 Å². The quantitative estimate of drug-likeness (QED) is 0.162. The lowest BCUT2D eigenvalue weighted by Crippen LogP contribution is -2.49. The van der Waals surface area contributed by atoms with Crippen molar-refractivity contribution in [2.45, 2.75) is 124 Å². The molecule has 7 rings (SSSR count). The maximum absolute atomic E-state index is 12.7. The van der Waals surface area contributed by atoms with Crippen molar-refractivity contribution in [3.8, 4) is 0 Å². The average Bonchev–Trinajstić information content (AvgIpc) is 3.92. The highest BCUT2D eigenvalue weighted by atomic mass is 16.6. The second kappa shape index (κ2) is 12.6. The molecule has 10 nitrogen and oxygen atoms in total. The fraction of sp³-hybridized carbons (Fsp3) is 0.868. The third kappa shape index (κ3) is 5.55. The Kier molecular flexibility index (Phi) is 9.23. The Morgan fingerprint density at radius 3 is 2.12 bits per heavy atom. The van der Waals surface area contributed by atoms with Gasteiger partial charge in [0.05, 0.1) is 29.8 Å². The molecule has 7 aliphatic rings. The van der Waals surface area contributed by atoms with Gasteiger partial charge >= 0.3 is 29.8 Å². The molecule has 0 spiro atoms. The van der Waals surface area contributed by atoms with Crippen molar-refractivity contribution in [2.75, 3.05) is 13.7 Å². The smallest absolute Gasteiger partial charge is 0.344 e. The van der Waals surface area contributed by atoms with E-state index >= 15 is 0 Å². The molecule has 0 aromatic carbocycles. The van der Waals surface area contributed by atoms with Gasteiger partial charge in [0, 0.05) is 17.8 Å². The zero-order chi connectivity index (χ0) is 34.9. The number of hydrogen-bond acceptors (Lipinski definition) is 10. The molecule has 0 aromatic rings. The van der Waals surface area contributed by atoms with Gasteiger partial charge in [-0.05, 0) is 115 Å². The van der Waals surface area contributed by atoms with Gasteiger partial charge in [-0.2, -0.15) is 0 Å². The molecule has 268 valence electrons. The van der Waals surface area contributed by atoms with Crippen molar-refractivity contribution in [3.63, 3.8) is 0 Å². The molecule has 13 unspecified atom stereocenters. The Hall–Kier alpha value is -2.65. The Bertz CT molecular complexity index is 1320. The molecule has 7 fully saturated rings. The normalized spacial score (nSPS) is 41.0. The van der Waals surface area contributed by atoms with E-state index in [0.29, 0.717) is 18.8 Å². The van der Waals surface area contributed by atoms with Crippen molar-refractivity contribution in [1.82, 2.24) is 0 Å². The number of esters is 5. The van der Waals surface area contributed by atoms with Gasteiger partial charge in [-0.1, -0.05) is 20.8 Å². The number of carbonyl (C=O) groups excluding carboxylic acids is 5. The number of fused-ring (bicyclic) bond motifs is 10. The van der Waals surface area contributed by atoms with Crippen molar-refractivity contribution >= 4 is 29.8 Å². The van der Waals surface area contributed by atoms with Crippen LogP contribution >= 0.6 is 0 Å². The number of ether oxygens (including phenoxy) is 5. The van der Waals surface area contributed by atoms with Gasteiger partial charge in [0.2, 0.25) is 0 Å². The molecule has 1 heterocycles. The Labute approximate surface area is 285 Å². The molecule has 1 aliphatic heterocycles. The average molecular weight is 673 g/mol. The summed E-state index contributed by atoms with van der Waals surface area (Å²) in [5.74, 6) is 1.64. The first-order valence-corrected chi connectivity index (χ1v) is 18.5. The Morgan fingerprint density at radius 2 is 1.50 bits per heavy atom. The molecule has 10 heteroatoms. The van der Waals surface area contributed by atoms with Gasteiger partial charge in [-0.15, -0.1) is 0 Å². The summed E-state index contributed by atoms with van der Waals surface area (Å²) in [4.78, 5) is 61.0. The van der Waals surface area contributed by atoms with Crippen LogP contribution in [0, 0.1) is 70.0 Å². The van der Waals surface area contributed by atoms with Crippen molar-refractivity contribution in [2.24, 2.45) is 70.0 Å². The molecule has 0 radical (unpaired) electrons. The van der Waals surface area contributed by atoms with Crippen LogP contribution in [0.25, 0.3) is 0 Å². The van der Waals surface area contributed by atoms with Crippen LogP contribution in [0.5, 0.6) is 0 Å². The summed E-state index contributed by atoms with van der Waals surface area (Å²) in [5.41, 5.74) is -1.14. The fourth-order valence-electron chi connectivity index (χ4n) is 11.0. The van der Waals surface area contributed by atoms with Crippen molar-refractivity contribution < 1.29 is 47.7 Å². The third-order valence-electron chi connectivity index (χ3n) is 14.3. The fourth-order valence-corrected chi connectivity index (χ4v) is 11.0. The van der Waals surface area contributed by atoms with E-state index in [1.807, 2.05) is 20.8 Å². The maximum Gasteiger partial charge on any atom is 0.344 e. The SMILES string of the molecule is CCC(C)(C)C(=O)OC1(CC)CC2CC1C1C3CCC(C3)C21.CCC(C)(C)C(=O)OCC(=O)OC1C2CC3C1OC(=O)C3C2C(=O)OC. The third-order valence-corrected chi connectivity index (χ3v) is 14.3. The van der Waals surface area contributed by atoms with Crippen LogP contribution in [0.4, 0.5) is 0 Å². The van der Waals surface area contributed by atoms with Crippen LogP contribution in [-0.4, -0.2) is 61.4 Å². The summed E-state index contributed by atoms with van der Waals surface area (Å²) in [5, 5.41) is 0. The van der Waals surface area contributed by atoms with Crippen LogP contribution in [0.3, 0.4) is 0 Å². The van der Waals surface area contributed by atoms with Crippen LogP contribution in [0.2, 0.25) is 0 Å². The first-order valence-electron chi connectivity index (χ1n) is 18.5. The number of carbonyl (C=O) groups is 5. The summed E-state index contributed by atoms with van der Waals surface area (Å²) in [6, 6.07) is 0. The minimum Gasteiger partial charge on any atom is -0.469 e. The molecule has 0 amide bonds.